The molecule has 1 nitrogen and oxygen atoms in total. The lowest BCUT2D eigenvalue weighted by Crippen LogP contribution is -2.14. The monoisotopic (exact) mass is 209 g/mol. The van der Waals surface area contributed by atoms with E-state index in [-0.39, 0.29) is 0 Å². The second-order valence-corrected chi connectivity index (χ2v) is 4.45. The zero-order chi connectivity index (χ0) is 10.4. The largest absolute Gasteiger partial charge is 0.383 e. The third kappa shape index (κ3) is 3.62. The van der Waals surface area contributed by atoms with Crippen LogP contribution in [-0.2, 0) is 0 Å². The van der Waals surface area contributed by atoms with Crippen molar-refractivity contribution in [3.63, 3.8) is 0 Å². The lowest BCUT2D eigenvalue weighted by atomic mass is 10.2. The topological polar surface area (TPSA) is 12.0 Å². The molecule has 1 N–H and O–H groups in total. The molecule has 1 atom stereocenters. The van der Waals surface area contributed by atoms with E-state index < -0.39 is 0 Å². The van der Waals surface area contributed by atoms with Gasteiger partial charge < -0.3 is 5.32 Å². The molecule has 0 amide bonds. The van der Waals surface area contributed by atoms with Crippen molar-refractivity contribution in [2.24, 2.45) is 0 Å². The lowest BCUT2D eigenvalue weighted by Gasteiger charge is -2.14. The molecule has 2 heteroatoms. The predicted octanol–water partition coefficient (Wildman–Crippen LogP) is 4.01. The van der Waals surface area contributed by atoms with Gasteiger partial charge in [-0.3, -0.25) is 0 Å². The molecule has 0 aliphatic rings. The summed E-state index contributed by atoms with van der Waals surface area (Å²) in [7, 11) is 0. The molecule has 0 saturated heterocycles. The van der Waals surface area contributed by atoms with Gasteiger partial charge in [0.15, 0.2) is 0 Å². The Morgan fingerprint density at radius 1 is 1.43 bits per heavy atom. The Balaban J connectivity index is 2.57. The smallest absolute Gasteiger partial charge is 0.0353 e. The summed E-state index contributed by atoms with van der Waals surface area (Å²) < 4.78 is 0. The van der Waals surface area contributed by atoms with Crippen LogP contribution >= 0.6 is 11.8 Å². The number of rotatable bonds is 5. The molecule has 1 unspecified atom stereocenters. The van der Waals surface area contributed by atoms with Crippen molar-refractivity contribution in [2.75, 3.05) is 11.6 Å². The number of hydrogen-bond acceptors (Lipinski definition) is 2. The van der Waals surface area contributed by atoms with Crippen molar-refractivity contribution in [1.29, 1.82) is 0 Å². The Morgan fingerprint density at radius 2 is 2.21 bits per heavy atom. The molecule has 0 aromatic heterocycles. The van der Waals surface area contributed by atoms with E-state index in [0.29, 0.717) is 6.04 Å². The molecular weight excluding hydrogens is 190 g/mol. The third-order valence-corrected chi connectivity index (χ3v) is 2.93. The van der Waals surface area contributed by atoms with Gasteiger partial charge in [-0.1, -0.05) is 19.4 Å². The van der Waals surface area contributed by atoms with E-state index >= 15 is 0 Å². The van der Waals surface area contributed by atoms with E-state index in [1.165, 1.54) is 23.4 Å². The molecule has 0 saturated carbocycles. The van der Waals surface area contributed by atoms with E-state index in [2.05, 4.69) is 49.7 Å². The SMILES string of the molecule is CCCC(C)Nc1cccc(SC)c1. The van der Waals surface area contributed by atoms with Crippen LogP contribution in [-0.4, -0.2) is 12.3 Å². The zero-order valence-corrected chi connectivity index (χ0v) is 10.0. The van der Waals surface area contributed by atoms with Gasteiger partial charge in [-0.05, 0) is 37.8 Å². The Kier molecular flexibility index (Phi) is 4.88. The summed E-state index contributed by atoms with van der Waals surface area (Å²) in [5.41, 5.74) is 1.23. The van der Waals surface area contributed by atoms with Crippen molar-refractivity contribution in [3.8, 4) is 0 Å². The summed E-state index contributed by atoms with van der Waals surface area (Å²) in [5.74, 6) is 0. The number of nitrogens with one attached hydrogen (secondary N) is 1. The van der Waals surface area contributed by atoms with Crippen LogP contribution in [0, 0.1) is 0 Å². The third-order valence-electron chi connectivity index (χ3n) is 2.20. The highest BCUT2D eigenvalue weighted by molar-refractivity contribution is 7.98. The van der Waals surface area contributed by atoms with Gasteiger partial charge in [0, 0.05) is 16.6 Å². The second kappa shape index (κ2) is 5.97. The first-order valence-electron chi connectivity index (χ1n) is 5.17. The van der Waals surface area contributed by atoms with E-state index in [0.717, 1.165) is 0 Å². The summed E-state index contributed by atoms with van der Waals surface area (Å²) >= 11 is 1.78. The lowest BCUT2D eigenvalue weighted by molar-refractivity contribution is 0.690. The molecule has 0 aliphatic heterocycles. The minimum Gasteiger partial charge on any atom is -0.383 e. The van der Waals surface area contributed by atoms with Crippen LogP contribution in [0.4, 0.5) is 5.69 Å². The minimum absolute atomic E-state index is 0.567. The Morgan fingerprint density at radius 3 is 2.86 bits per heavy atom. The minimum atomic E-state index is 0.567. The normalized spacial score (nSPS) is 12.5. The van der Waals surface area contributed by atoms with Gasteiger partial charge >= 0.3 is 0 Å². The molecule has 0 aliphatic carbocycles. The maximum absolute atomic E-state index is 3.50. The van der Waals surface area contributed by atoms with Gasteiger partial charge in [-0.25, -0.2) is 0 Å². The molecule has 1 aromatic carbocycles. The summed E-state index contributed by atoms with van der Waals surface area (Å²) in [6, 6.07) is 9.15. The number of thioether (sulfide) groups is 1. The maximum atomic E-state index is 3.50. The summed E-state index contributed by atoms with van der Waals surface area (Å²) in [6.45, 7) is 4.45. The van der Waals surface area contributed by atoms with Crippen LogP contribution in [0.25, 0.3) is 0 Å². The van der Waals surface area contributed by atoms with Gasteiger partial charge in [0.05, 0.1) is 0 Å². The Hall–Kier alpha value is -0.630. The molecule has 0 spiro atoms. The average molecular weight is 209 g/mol. The molecule has 0 fully saturated rings. The highest BCUT2D eigenvalue weighted by Gasteiger charge is 2.00. The van der Waals surface area contributed by atoms with Gasteiger partial charge in [-0.15, -0.1) is 11.8 Å². The maximum Gasteiger partial charge on any atom is 0.0353 e. The average Bonchev–Trinajstić information content (AvgIpc) is 2.18. The number of anilines is 1. The molecule has 1 aromatic rings. The summed E-state index contributed by atoms with van der Waals surface area (Å²) in [6.07, 6.45) is 4.56. The van der Waals surface area contributed by atoms with Crippen molar-refractivity contribution in [2.45, 2.75) is 37.6 Å². The standard InChI is InChI=1S/C12H19NS/c1-4-6-10(2)13-11-7-5-8-12(9-11)14-3/h5,7-10,13H,4,6H2,1-3H3. The molecule has 14 heavy (non-hydrogen) atoms. The molecule has 0 heterocycles. The van der Waals surface area contributed by atoms with Crippen LogP contribution in [0.15, 0.2) is 29.2 Å². The zero-order valence-electron chi connectivity index (χ0n) is 9.21. The Labute approximate surface area is 91.3 Å². The van der Waals surface area contributed by atoms with Gasteiger partial charge in [0.1, 0.15) is 0 Å². The first kappa shape index (κ1) is 11.4. The summed E-state index contributed by atoms with van der Waals surface area (Å²) in [5, 5.41) is 3.50. The first-order chi connectivity index (χ1) is 6.76. The van der Waals surface area contributed by atoms with E-state index in [4.69, 9.17) is 0 Å². The quantitative estimate of drug-likeness (QED) is 0.735. The molecular formula is C12H19NS. The number of hydrogen-bond donors (Lipinski definition) is 1. The predicted molar refractivity (Wildman–Crippen MR) is 66.2 cm³/mol. The molecule has 1 rings (SSSR count). The fraction of sp³-hybridized carbons (Fsp3) is 0.500. The van der Waals surface area contributed by atoms with Crippen LogP contribution in [0.5, 0.6) is 0 Å². The number of benzene rings is 1. The molecule has 0 bridgehead atoms. The molecule has 78 valence electrons. The fourth-order valence-electron chi connectivity index (χ4n) is 1.50. The van der Waals surface area contributed by atoms with E-state index in [1.807, 2.05) is 0 Å². The van der Waals surface area contributed by atoms with Crippen LogP contribution in [0.2, 0.25) is 0 Å². The second-order valence-electron chi connectivity index (χ2n) is 3.57. The van der Waals surface area contributed by atoms with Gasteiger partial charge in [-0.2, -0.15) is 0 Å². The van der Waals surface area contributed by atoms with Gasteiger partial charge in [0.2, 0.25) is 0 Å². The van der Waals surface area contributed by atoms with Crippen LogP contribution in [0.3, 0.4) is 0 Å². The highest BCUT2D eigenvalue weighted by atomic mass is 32.2. The Bertz CT molecular complexity index is 273. The molecule has 0 radical (unpaired) electrons. The van der Waals surface area contributed by atoms with E-state index in [1.54, 1.807) is 11.8 Å². The van der Waals surface area contributed by atoms with Crippen molar-refractivity contribution < 1.29 is 0 Å². The fourth-order valence-corrected chi connectivity index (χ4v) is 1.96. The van der Waals surface area contributed by atoms with Crippen LogP contribution < -0.4 is 5.32 Å². The highest BCUT2D eigenvalue weighted by Crippen LogP contribution is 2.19. The van der Waals surface area contributed by atoms with Crippen molar-refractivity contribution in [3.05, 3.63) is 24.3 Å². The summed E-state index contributed by atoms with van der Waals surface area (Å²) in [4.78, 5) is 1.32. The van der Waals surface area contributed by atoms with Gasteiger partial charge in [0.25, 0.3) is 0 Å². The first-order valence-corrected chi connectivity index (χ1v) is 6.39. The van der Waals surface area contributed by atoms with E-state index in [9.17, 15) is 0 Å². The van der Waals surface area contributed by atoms with Crippen molar-refractivity contribution >= 4 is 17.4 Å². The van der Waals surface area contributed by atoms with Crippen LogP contribution in [0.1, 0.15) is 26.7 Å². The van der Waals surface area contributed by atoms with Crippen molar-refractivity contribution in [1.82, 2.24) is 0 Å².